The number of rotatable bonds is 6. The lowest BCUT2D eigenvalue weighted by Gasteiger charge is -2.35. The van der Waals surface area contributed by atoms with Gasteiger partial charge >= 0.3 is 0 Å². The molecule has 2 N–H and O–H groups in total. The van der Waals surface area contributed by atoms with Gasteiger partial charge in [-0.2, -0.15) is 0 Å². The maximum absolute atomic E-state index is 6.08. The first kappa shape index (κ1) is 20.4. The molecule has 1 atom stereocenters. The number of fused-ring (bicyclic) bond motifs is 1. The summed E-state index contributed by atoms with van der Waals surface area (Å²) in [6, 6.07) is 16.6. The maximum Gasteiger partial charge on any atom is 0.194 e. The lowest BCUT2D eigenvalue weighted by Crippen LogP contribution is -2.48. The van der Waals surface area contributed by atoms with Crippen molar-refractivity contribution in [2.45, 2.75) is 32.8 Å². The minimum Gasteiger partial charge on any atom is -0.370 e. The van der Waals surface area contributed by atoms with Crippen molar-refractivity contribution in [1.29, 1.82) is 0 Å². The first-order valence-electron chi connectivity index (χ1n) is 10.9. The monoisotopic (exact) mass is 405 g/mol. The van der Waals surface area contributed by atoms with Crippen molar-refractivity contribution in [2.24, 2.45) is 4.99 Å². The lowest BCUT2D eigenvalue weighted by molar-refractivity contribution is -0.00832. The SMILES string of the molecule is CCNC(=NCCCc1nc2ccccc2[nH]1)N1CCOC(c2ccccc2C)C1. The number of morpholine rings is 1. The second-order valence-corrected chi connectivity index (χ2v) is 7.70. The number of hydrogen-bond donors (Lipinski definition) is 2. The van der Waals surface area contributed by atoms with Crippen LogP contribution >= 0.6 is 0 Å². The van der Waals surface area contributed by atoms with Crippen molar-refractivity contribution in [2.75, 3.05) is 32.8 Å². The van der Waals surface area contributed by atoms with E-state index < -0.39 is 0 Å². The van der Waals surface area contributed by atoms with Crippen molar-refractivity contribution in [1.82, 2.24) is 20.2 Å². The summed E-state index contributed by atoms with van der Waals surface area (Å²) in [5.41, 5.74) is 4.67. The first-order chi connectivity index (χ1) is 14.7. The standard InChI is InChI=1S/C24H31N5O/c1-3-25-24(26-14-8-13-23-27-20-11-6-7-12-21(20)28-23)29-15-16-30-22(17-29)19-10-5-4-9-18(19)2/h4-7,9-12,22H,3,8,13-17H2,1-2H3,(H,25,26)(H,27,28). The largest absolute Gasteiger partial charge is 0.370 e. The van der Waals surface area contributed by atoms with Gasteiger partial charge in [0.25, 0.3) is 0 Å². The van der Waals surface area contributed by atoms with Gasteiger partial charge in [0.1, 0.15) is 11.9 Å². The molecule has 1 saturated heterocycles. The van der Waals surface area contributed by atoms with Crippen LogP contribution in [0.4, 0.5) is 0 Å². The highest BCUT2D eigenvalue weighted by Crippen LogP contribution is 2.25. The lowest BCUT2D eigenvalue weighted by atomic mass is 10.0. The molecule has 6 nitrogen and oxygen atoms in total. The van der Waals surface area contributed by atoms with Crippen LogP contribution < -0.4 is 5.32 Å². The van der Waals surface area contributed by atoms with E-state index in [2.05, 4.69) is 64.4 Å². The zero-order chi connectivity index (χ0) is 20.8. The molecule has 1 aliphatic heterocycles. The summed E-state index contributed by atoms with van der Waals surface area (Å²) >= 11 is 0. The van der Waals surface area contributed by atoms with Crippen LogP contribution in [0.2, 0.25) is 0 Å². The van der Waals surface area contributed by atoms with Crippen LogP contribution in [-0.4, -0.2) is 53.6 Å². The average Bonchev–Trinajstić information content (AvgIpc) is 3.19. The third-order valence-electron chi connectivity index (χ3n) is 5.51. The number of guanidine groups is 1. The fourth-order valence-electron chi connectivity index (χ4n) is 3.96. The van der Waals surface area contributed by atoms with Gasteiger partial charge in [-0.1, -0.05) is 36.4 Å². The summed E-state index contributed by atoms with van der Waals surface area (Å²) in [6.07, 6.45) is 1.94. The first-order valence-corrected chi connectivity index (χ1v) is 10.9. The predicted octanol–water partition coefficient (Wildman–Crippen LogP) is 3.84. The molecule has 3 aromatic rings. The van der Waals surface area contributed by atoms with Crippen molar-refractivity contribution in [3.05, 3.63) is 65.5 Å². The number of benzene rings is 2. The topological polar surface area (TPSA) is 65.5 Å². The maximum atomic E-state index is 6.08. The Hall–Kier alpha value is -2.86. The molecule has 4 rings (SSSR count). The zero-order valence-electron chi connectivity index (χ0n) is 17.9. The van der Waals surface area contributed by atoms with Gasteiger partial charge in [-0.25, -0.2) is 4.98 Å². The molecule has 1 aromatic heterocycles. The predicted molar refractivity (Wildman–Crippen MR) is 122 cm³/mol. The van der Waals surface area contributed by atoms with Crippen LogP contribution in [0, 0.1) is 6.92 Å². The van der Waals surface area contributed by atoms with Gasteiger partial charge in [0.15, 0.2) is 5.96 Å². The number of ether oxygens (including phenoxy) is 1. The minimum absolute atomic E-state index is 0.0827. The molecule has 0 bridgehead atoms. The highest BCUT2D eigenvalue weighted by Gasteiger charge is 2.25. The number of imidazole rings is 1. The highest BCUT2D eigenvalue weighted by molar-refractivity contribution is 5.80. The van der Waals surface area contributed by atoms with Gasteiger partial charge in [-0.15, -0.1) is 0 Å². The van der Waals surface area contributed by atoms with Gasteiger partial charge in [-0.3, -0.25) is 4.99 Å². The van der Waals surface area contributed by atoms with E-state index in [1.807, 2.05) is 18.2 Å². The summed E-state index contributed by atoms with van der Waals surface area (Å²) in [5.74, 6) is 2.01. The van der Waals surface area contributed by atoms with Crippen molar-refractivity contribution < 1.29 is 4.74 Å². The molecule has 0 saturated carbocycles. The van der Waals surface area contributed by atoms with Crippen LogP contribution in [0.25, 0.3) is 11.0 Å². The average molecular weight is 406 g/mol. The number of aromatic nitrogens is 2. The van der Waals surface area contributed by atoms with Gasteiger partial charge in [0.05, 0.1) is 24.2 Å². The molecule has 6 heteroatoms. The Labute approximate surface area is 178 Å². The van der Waals surface area contributed by atoms with Gasteiger partial charge in [0.2, 0.25) is 0 Å². The van der Waals surface area contributed by atoms with Gasteiger partial charge in [0, 0.05) is 26.1 Å². The van der Waals surface area contributed by atoms with E-state index in [1.165, 1.54) is 11.1 Å². The van der Waals surface area contributed by atoms with Crippen LogP contribution in [0.1, 0.15) is 36.4 Å². The number of aryl methyl sites for hydroxylation is 2. The Balaban J connectivity index is 1.37. The number of aromatic amines is 1. The highest BCUT2D eigenvalue weighted by atomic mass is 16.5. The number of H-pyrrole nitrogens is 1. The number of hydrogen-bond acceptors (Lipinski definition) is 3. The minimum atomic E-state index is 0.0827. The summed E-state index contributed by atoms with van der Waals surface area (Å²) in [6.45, 7) is 8.28. The van der Waals surface area contributed by atoms with E-state index >= 15 is 0 Å². The zero-order valence-corrected chi connectivity index (χ0v) is 17.9. The molecule has 0 aliphatic carbocycles. The Morgan fingerprint density at radius 3 is 2.90 bits per heavy atom. The third kappa shape index (κ3) is 4.82. The van der Waals surface area contributed by atoms with Crippen LogP contribution in [-0.2, 0) is 11.2 Å². The fraction of sp³-hybridized carbons (Fsp3) is 0.417. The molecular weight excluding hydrogens is 374 g/mol. The quantitative estimate of drug-likeness (QED) is 0.371. The number of nitrogens with zero attached hydrogens (tertiary/aromatic N) is 3. The molecule has 30 heavy (non-hydrogen) atoms. The van der Waals surface area contributed by atoms with E-state index in [-0.39, 0.29) is 6.10 Å². The van der Waals surface area contributed by atoms with E-state index in [0.29, 0.717) is 6.61 Å². The van der Waals surface area contributed by atoms with Gasteiger partial charge < -0.3 is 19.9 Å². The Morgan fingerprint density at radius 2 is 2.07 bits per heavy atom. The van der Waals surface area contributed by atoms with E-state index in [1.54, 1.807) is 0 Å². The van der Waals surface area contributed by atoms with Crippen molar-refractivity contribution >= 4 is 17.0 Å². The Morgan fingerprint density at radius 1 is 1.23 bits per heavy atom. The van der Waals surface area contributed by atoms with Crippen LogP contribution in [0.3, 0.4) is 0 Å². The van der Waals surface area contributed by atoms with E-state index in [0.717, 1.165) is 61.8 Å². The second kappa shape index (κ2) is 9.76. The molecule has 1 aliphatic rings. The second-order valence-electron chi connectivity index (χ2n) is 7.70. The van der Waals surface area contributed by atoms with E-state index in [9.17, 15) is 0 Å². The van der Waals surface area contributed by atoms with E-state index in [4.69, 9.17) is 9.73 Å². The number of aliphatic imine (C=N–C) groups is 1. The fourth-order valence-corrected chi connectivity index (χ4v) is 3.96. The molecular formula is C24H31N5O. The van der Waals surface area contributed by atoms with Gasteiger partial charge in [-0.05, 0) is 43.5 Å². The molecule has 0 radical (unpaired) electrons. The molecule has 1 unspecified atom stereocenters. The number of nitrogens with one attached hydrogen (secondary N) is 2. The van der Waals surface area contributed by atoms with Crippen LogP contribution in [0.15, 0.2) is 53.5 Å². The molecule has 0 amide bonds. The molecule has 158 valence electrons. The number of para-hydroxylation sites is 2. The van der Waals surface area contributed by atoms with Crippen LogP contribution in [0.5, 0.6) is 0 Å². The summed E-state index contributed by atoms with van der Waals surface area (Å²) in [7, 11) is 0. The Kier molecular flexibility index (Phi) is 6.64. The molecule has 0 spiro atoms. The summed E-state index contributed by atoms with van der Waals surface area (Å²) in [5, 5.41) is 3.46. The smallest absolute Gasteiger partial charge is 0.194 e. The van der Waals surface area contributed by atoms with Crippen molar-refractivity contribution in [3.8, 4) is 0 Å². The molecule has 2 heterocycles. The normalized spacial score (nSPS) is 17.5. The van der Waals surface area contributed by atoms with Crippen molar-refractivity contribution in [3.63, 3.8) is 0 Å². The molecule has 1 fully saturated rings. The summed E-state index contributed by atoms with van der Waals surface area (Å²) in [4.78, 5) is 15.3. The molecule has 2 aromatic carbocycles. The Bertz CT molecular complexity index is 963. The third-order valence-corrected chi connectivity index (χ3v) is 5.51. The summed E-state index contributed by atoms with van der Waals surface area (Å²) < 4.78 is 6.08.